The van der Waals surface area contributed by atoms with Crippen LogP contribution in [0.3, 0.4) is 0 Å². The first-order valence-electron chi connectivity index (χ1n) is 7.30. The van der Waals surface area contributed by atoms with Gasteiger partial charge in [0, 0.05) is 11.3 Å². The summed E-state index contributed by atoms with van der Waals surface area (Å²) in [6.07, 6.45) is 6.42. The SMILES string of the molecule is C=C=C[C@]12CCCC[C@H]1C(=O)C=C2C(C(=O)OC)C(=O)OC. The van der Waals surface area contributed by atoms with Gasteiger partial charge in [-0.25, -0.2) is 0 Å². The summed E-state index contributed by atoms with van der Waals surface area (Å²) in [4.78, 5) is 36.6. The molecule has 0 aliphatic heterocycles. The molecule has 5 heteroatoms. The Morgan fingerprint density at radius 3 is 2.55 bits per heavy atom. The van der Waals surface area contributed by atoms with E-state index in [4.69, 9.17) is 9.47 Å². The number of hydrogen-bond donors (Lipinski definition) is 0. The van der Waals surface area contributed by atoms with Crippen molar-refractivity contribution in [2.45, 2.75) is 25.7 Å². The molecule has 2 atom stereocenters. The third-order valence-electron chi connectivity index (χ3n) is 4.68. The monoisotopic (exact) mass is 304 g/mol. The number of esters is 2. The van der Waals surface area contributed by atoms with Crippen LogP contribution >= 0.6 is 0 Å². The molecule has 0 saturated heterocycles. The summed E-state index contributed by atoms with van der Waals surface area (Å²) in [5.41, 5.74) is 2.53. The lowest BCUT2D eigenvalue weighted by molar-refractivity contribution is -0.157. The van der Waals surface area contributed by atoms with E-state index in [0.29, 0.717) is 12.0 Å². The number of hydrogen-bond acceptors (Lipinski definition) is 5. The molecule has 2 aliphatic carbocycles. The van der Waals surface area contributed by atoms with E-state index in [1.165, 1.54) is 20.3 Å². The molecule has 118 valence electrons. The lowest BCUT2D eigenvalue weighted by Crippen LogP contribution is -2.39. The zero-order valence-corrected chi connectivity index (χ0v) is 12.9. The molecule has 0 aromatic rings. The maximum atomic E-state index is 12.4. The second-order valence-electron chi connectivity index (χ2n) is 5.67. The van der Waals surface area contributed by atoms with Gasteiger partial charge in [0.05, 0.1) is 14.2 Å². The Hall–Kier alpha value is -2.13. The molecule has 1 fully saturated rings. The highest BCUT2D eigenvalue weighted by Gasteiger charge is 2.54. The first kappa shape index (κ1) is 16.2. The second-order valence-corrected chi connectivity index (χ2v) is 5.67. The molecular weight excluding hydrogens is 284 g/mol. The maximum Gasteiger partial charge on any atom is 0.324 e. The molecule has 0 aromatic heterocycles. The van der Waals surface area contributed by atoms with Crippen LogP contribution in [0.4, 0.5) is 0 Å². The standard InChI is InChI=1S/C17H20O5/c1-4-8-17-9-6-5-7-11(17)13(18)10-12(17)14(15(19)21-2)16(20)22-3/h8,10-11,14H,1,5-7,9H2,2-3H3/t11-,17-/m0/s1. The van der Waals surface area contributed by atoms with Crippen LogP contribution in [0.2, 0.25) is 0 Å². The highest BCUT2D eigenvalue weighted by atomic mass is 16.5. The fraction of sp³-hybridized carbons (Fsp3) is 0.529. The zero-order chi connectivity index (χ0) is 16.3. The lowest BCUT2D eigenvalue weighted by Gasteiger charge is -2.39. The predicted octanol–water partition coefficient (Wildman–Crippen LogP) is 1.98. The molecule has 0 radical (unpaired) electrons. The summed E-state index contributed by atoms with van der Waals surface area (Å²) < 4.78 is 9.49. The van der Waals surface area contributed by atoms with Crippen LogP contribution in [0.15, 0.2) is 30.0 Å². The van der Waals surface area contributed by atoms with Crippen molar-refractivity contribution in [3.05, 3.63) is 30.0 Å². The first-order valence-corrected chi connectivity index (χ1v) is 7.30. The Bertz CT molecular complexity index is 566. The fourth-order valence-electron chi connectivity index (χ4n) is 3.70. The van der Waals surface area contributed by atoms with Crippen molar-refractivity contribution >= 4 is 17.7 Å². The summed E-state index contributed by atoms with van der Waals surface area (Å²) >= 11 is 0. The van der Waals surface area contributed by atoms with Crippen LogP contribution < -0.4 is 0 Å². The van der Waals surface area contributed by atoms with Gasteiger partial charge >= 0.3 is 11.9 Å². The van der Waals surface area contributed by atoms with Crippen LogP contribution in [-0.4, -0.2) is 31.9 Å². The van der Waals surface area contributed by atoms with E-state index < -0.39 is 23.3 Å². The largest absolute Gasteiger partial charge is 0.468 e. The molecule has 0 amide bonds. The summed E-state index contributed by atoms with van der Waals surface area (Å²) in [5, 5.41) is 0. The molecule has 0 heterocycles. The van der Waals surface area contributed by atoms with E-state index >= 15 is 0 Å². The Morgan fingerprint density at radius 1 is 1.36 bits per heavy atom. The molecule has 0 aromatic carbocycles. The Balaban J connectivity index is 2.56. The number of fused-ring (bicyclic) bond motifs is 1. The zero-order valence-electron chi connectivity index (χ0n) is 12.9. The number of carbonyl (C=O) groups excluding carboxylic acids is 3. The highest BCUT2D eigenvalue weighted by molar-refractivity contribution is 6.04. The van der Waals surface area contributed by atoms with Crippen molar-refractivity contribution in [3.63, 3.8) is 0 Å². The van der Waals surface area contributed by atoms with Crippen molar-refractivity contribution in [2.75, 3.05) is 14.2 Å². The van der Waals surface area contributed by atoms with Gasteiger partial charge < -0.3 is 9.47 Å². The van der Waals surface area contributed by atoms with Gasteiger partial charge in [-0.1, -0.05) is 19.4 Å². The molecule has 2 rings (SSSR count). The minimum Gasteiger partial charge on any atom is -0.468 e. The van der Waals surface area contributed by atoms with Gasteiger partial charge in [-0.2, -0.15) is 0 Å². The Morgan fingerprint density at radius 2 is 2.00 bits per heavy atom. The third-order valence-corrected chi connectivity index (χ3v) is 4.68. The molecular formula is C17H20O5. The summed E-state index contributed by atoms with van der Waals surface area (Å²) in [7, 11) is 2.42. The van der Waals surface area contributed by atoms with Crippen LogP contribution in [0.1, 0.15) is 25.7 Å². The number of ketones is 1. The van der Waals surface area contributed by atoms with Crippen LogP contribution in [0, 0.1) is 17.3 Å². The predicted molar refractivity (Wildman–Crippen MR) is 78.7 cm³/mol. The van der Waals surface area contributed by atoms with Gasteiger partial charge in [0.1, 0.15) is 0 Å². The summed E-state index contributed by atoms with van der Waals surface area (Å²) in [6.45, 7) is 3.61. The van der Waals surface area contributed by atoms with Crippen molar-refractivity contribution in [2.24, 2.45) is 17.3 Å². The van der Waals surface area contributed by atoms with E-state index in [1.807, 2.05) is 0 Å². The molecule has 0 unspecified atom stereocenters. The van der Waals surface area contributed by atoms with Gasteiger partial charge in [0.25, 0.3) is 0 Å². The first-order chi connectivity index (χ1) is 10.5. The van der Waals surface area contributed by atoms with E-state index in [9.17, 15) is 14.4 Å². The van der Waals surface area contributed by atoms with Gasteiger partial charge in [0.2, 0.25) is 0 Å². The Labute approximate surface area is 129 Å². The second kappa shape index (κ2) is 6.32. The average Bonchev–Trinajstić information content (AvgIpc) is 2.81. The van der Waals surface area contributed by atoms with Gasteiger partial charge in [0.15, 0.2) is 11.7 Å². The maximum absolute atomic E-state index is 12.4. The molecule has 0 N–H and O–H groups in total. The fourth-order valence-corrected chi connectivity index (χ4v) is 3.70. The van der Waals surface area contributed by atoms with Gasteiger partial charge in [-0.3, -0.25) is 14.4 Å². The van der Waals surface area contributed by atoms with E-state index in [0.717, 1.165) is 19.3 Å². The number of carbonyl (C=O) groups is 3. The molecule has 0 bridgehead atoms. The average molecular weight is 304 g/mol. The van der Waals surface area contributed by atoms with Crippen molar-refractivity contribution in [3.8, 4) is 0 Å². The van der Waals surface area contributed by atoms with E-state index in [-0.39, 0.29) is 11.7 Å². The van der Waals surface area contributed by atoms with E-state index in [1.54, 1.807) is 6.08 Å². The summed E-state index contributed by atoms with van der Waals surface area (Å²) in [5.74, 6) is -2.96. The number of rotatable bonds is 4. The van der Waals surface area contributed by atoms with Crippen LogP contribution in [-0.2, 0) is 23.9 Å². The van der Waals surface area contributed by atoms with Gasteiger partial charge in [-0.05, 0) is 30.6 Å². The van der Waals surface area contributed by atoms with Gasteiger partial charge in [-0.15, -0.1) is 5.73 Å². The van der Waals surface area contributed by atoms with Crippen molar-refractivity contribution in [1.29, 1.82) is 0 Å². The minimum absolute atomic E-state index is 0.0565. The molecule has 5 nitrogen and oxygen atoms in total. The smallest absolute Gasteiger partial charge is 0.324 e. The number of methoxy groups -OCH3 is 2. The number of ether oxygens (including phenoxy) is 2. The molecule has 0 spiro atoms. The lowest BCUT2D eigenvalue weighted by atomic mass is 9.62. The third kappa shape index (κ3) is 2.42. The molecule has 2 aliphatic rings. The normalized spacial score (nSPS) is 26.8. The highest BCUT2D eigenvalue weighted by Crippen LogP contribution is 2.54. The topological polar surface area (TPSA) is 69.7 Å². The number of allylic oxidation sites excluding steroid dienone is 2. The minimum atomic E-state index is -1.22. The Kier molecular flexibility index (Phi) is 4.67. The van der Waals surface area contributed by atoms with Crippen molar-refractivity contribution < 1.29 is 23.9 Å². The quantitative estimate of drug-likeness (QED) is 0.451. The molecule has 22 heavy (non-hydrogen) atoms. The van der Waals surface area contributed by atoms with Crippen LogP contribution in [0.25, 0.3) is 0 Å². The van der Waals surface area contributed by atoms with Crippen molar-refractivity contribution in [1.82, 2.24) is 0 Å². The van der Waals surface area contributed by atoms with Crippen LogP contribution in [0.5, 0.6) is 0 Å². The summed E-state index contributed by atoms with van der Waals surface area (Å²) in [6, 6.07) is 0. The molecule has 1 saturated carbocycles. The van der Waals surface area contributed by atoms with E-state index in [2.05, 4.69) is 12.3 Å².